The molecule has 0 aliphatic heterocycles. The molecule has 0 fully saturated rings. The van der Waals surface area contributed by atoms with Crippen LogP contribution in [0.5, 0.6) is 0 Å². The molecule has 16 heavy (non-hydrogen) atoms. The smallest absolute Gasteiger partial charge is 0.0820 e. The number of ether oxygens (including phenoxy) is 2. The molecule has 1 aromatic carbocycles. The molecule has 0 radical (unpaired) electrons. The van der Waals surface area contributed by atoms with Crippen LogP contribution in [0.3, 0.4) is 0 Å². The molecule has 1 N–H and O–H groups in total. The van der Waals surface area contributed by atoms with E-state index in [2.05, 4.69) is 0 Å². The van der Waals surface area contributed by atoms with Crippen LogP contribution >= 0.6 is 0 Å². The number of benzene rings is 1. The van der Waals surface area contributed by atoms with Gasteiger partial charge in [0.15, 0.2) is 0 Å². The molecule has 3 heteroatoms. The molecule has 0 unspecified atom stereocenters. The number of aliphatic hydroxyl groups is 1. The van der Waals surface area contributed by atoms with Crippen molar-refractivity contribution in [2.75, 3.05) is 13.7 Å². The lowest BCUT2D eigenvalue weighted by Gasteiger charge is -2.16. The van der Waals surface area contributed by atoms with E-state index in [9.17, 15) is 5.11 Å². The summed E-state index contributed by atoms with van der Waals surface area (Å²) in [6.45, 7) is 2.99. The monoisotopic (exact) mass is 224 g/mol. The van der Waals surface area contributed by atoms with E-state index >= 15 is 0 Å². The quantitative estimate of drug-likeness (QED) is 0.720. The fraction of sp³-hybridized carbons (Fsp3) is 0.538. The predicted molar refractivity (Wildman–Crippen MR) is 63.2 cm³/mol. The highest BCUT2D eigenvalue weighted by atomic mass is 16.5. The fourth-order valence-electron chi connectivity index (χ4n) is 1.36. The van der Waals surface area contributed by atoms with E-state index in [1.807, 2.05) is 37.3 Å². The molecule has 1 aromatic rings. The van der Waals surface area contributed by atoms with Crippen LogP contribution in [0, 0.1) is 0 Å². The first-order valence-electron chi connectivity index (χ1n) is 5.56. The Balaban J connectivity index is 2.13. The van der Waals surface area contributed by atoms with E-state index in [1.165, 1.54) is 0 Å². The van der Waals surface area contributed by atoms with Gasteiger partial charge < -0.3 is 14.6 Å². The summed E-state index contributed by atoms with van der Waals surface area (Å²) in [7, 11) is 1.60. The van der Waals surface area contributed by atoms with Crippen molar-refractivity contribution in [2.45, 2.75) is 32.2 Å². The van der Waals surface area contributed by atoms with Crippen LogP contribution in [-0.2, 0) is 16.1 Å². The van der Waals surface area contributed by atoms with Crippen LogP contribution in [0.1, 0.15) is 18.9 Å². The molecule has 90 valence electrons. The third-order valence-electron chi connectivity index (χ3n) is 2.58. The summed E-state index contributed by atoms with van der Waals surface area (Å²) in [6, 6.07) is 10.00. The molecule has 0 heterocycles. The summed E-state index contributed by atoms with van der Waals surface area (Å²) >= 11 is 0. The van der Waals surface area contributed by atoms with Crippen LogP contribution in [0.4, 0.5) is 0 Å². The number of hydrogen-bond donors (Lipinski definition) is 1. The second-order valence-electron chi connectivity index (χ2n) is 3.84. The first-order valence-corrected chi connectivity index (χ1v) is 5.56. The fourth-order valence-corrected chi connectivity index (χ4v) is 1.36. The second kappa shape index (κ2) is 7.39. The van der Waals surface area contributed by atoms with E-state index in [1.54, 1.807) is 7.11 Å². The molecule has 0 aliphatic carbocycles. The Morgan fingerprint density at radius 2 is 1.94 bits per heavy atom. The zero-order chi connectivity index (χ0) is 11.8. The number of rotatable bonds is 7. The van der Waals surface area contributed by atoms with Gasteiger partial charge in [0, 0.05) is 13.7 Å². The van der Waals surface area contributed by atoms with Crippen LogP contribution in [0.2, 0.25) is 0 Å². The van der Waals surface area contributed by atoms with Gasteiger partial charge in [-0.15, -0.1) is 0 Å². The van der Waals surface area contributed by atoms with Gasteiger partial charge >= 0.3 is 0 Å². The van der Waals surface area contributed by atoms with Crippen molar-refractivity contribution >= 4 is 0 Å². The van der Waals surface area contributed by atoms with Gasteiger partial charge in [-0.05, 0) is 18.9 Å². The van der Waals surface area contributed by atoms with Crippen LogP contribution in [0.15, 0.2) is 30.3 Å². The summed E-state index contributed by atoms with van der Waals surface area (Å²) in [5, 5.41) is 9.61. The highest BCUT2D eigenvalue weighted by molar-refractivity contribution is 5.13. The average Bonchev–Trinajstić information content (AvgIpc) is 2.34. The first kappa shape index (κ1) is 13.2. The van der Waals surface area contributed by atoms with E-state index in [0.29, 0.717) is 19.6 Å². The number of methoxy groups -OCH3 is 1. The van der Waals surface area contributed by atoms with Crippen molar-refractivity contribution in [1.82, 2.24) is 0 Å². The Morgan fingerprint density at radius 3 is 2.56 bits per heavy atom. The third-order valence-corrected chi connectivity index (χ3v) is 2.58. The molecular formula is C13H20O3. The highest BCUT2D eigenvalue weighted by Crippen LogP contribution is 2.04. The molecule has 0 bridgehead atoms. The van der Waals surface area contributed by atoms with Gasteiger partial charge in [0.1, 0.15) is 0 Å². The zero-order valence-corrected chi connectivity index (χ0v) is 9.93. The van der Waals surface area contributed by atoms with Crippen molar-refractivity contribution in [2.24, 2.45) is 0 Å². The van der Waals surface area contributed by atoms with Crippen molar-refractivity contribution < 1.29 is 14.6 Å². The van der Waals surface area contributed by atoms with Crippen LogP contribution in [-0.4, -0.2) is 31.0 Å². The van der Waals surface area contributed by atoms with Crippen LogP contribution in [0.25, 0.3) is 0 Å². The molecule has 0 aliphatic rings. The summed E-state index contributed by atoms with van der Waals surface area (Å²) in [5.74, 6) is 0. The summed E-state index contributed by atoms with van der Waals surface area (Å²) in [6.07, 6.45) is 0.00284. The van der Waals surface area contributed by atoms with E-state index < -0.39 is 6.10 Å². The Hall–Kier alpha value is -0.900. The molecule has 0 saturated heterocycles. The average molecular weight is 224 g/mol. The minimum Gasteiger partial charge on any atom is -0.390 e. The highest BCUT2D eigenvalue weighted by Gasteiger charge is 2.12. The van der Waals surface area contributed by atoms with Gasteiger partial charge in [0.05, 0.1) is 18.8 Å². The van der Waals surface area contributed by atoms with Crippen molar-refractivity contribution in [1.29, 1.82) is 0 Å². The van der Waals surface area contributed by atoms with Gasteiger partial charge in [-0.25, -0.2) is 0 Å². The lowest BCUT2D eigenvalue weighted by atomic mass is 10.2. The summed E-state index contributed by atoms with van der Waals surface area (Å²) in [4.78, 5) is 0. The normalized spacial score (nSPS) is 14.7. The summed E-state index contributed by atoms with van der Waals surface area (Å²) in [5.41, 5.74) is 1.15. The van der Waals surface area contributed by atoms with Crippen LogP contribution < -0.4 is 0 Å². The maximum absolute atomic E-state index is 9.61. The number of hydrogen-bond acceptors (Lipinski definition) is 3. The second-order valence-corrected chi connectivity index (χ2v) is 3.84. The molecular weight excluding hydrogens is 204 g/mol. The van der Waals surface area contributed by atoms with Crippen molar-refractivity contribution in [3.8, 4) is 0 Å². The standard InChI is InChI=1S/C13H20O3/c1-11(15-2)13(14)8-9-16-10-12-6-4-3-5-7-12/h3-7,11,13-14H,8-10H2,1-2H3/t11-,13-/m0/s1. The van der Waals surface area contributed by atoms with Crippen molar-refractivity contribution in [3.05, 3.63) is 35.9 Å². The SMILES string of the molecule is CO[C@@H](C)[C@@H](O)CCOCc1ccccc1. The van der Waals surface area contributed by atoms with E-state index in [0.717, 1.165) is 5.56 Å². The minimum atomic E-state index is -0.458. The Morgan fingerprint density at radius 1 is 1.25 bits per heavy atom. The minimum absolute atomic E-state index is 0.139. The lowest BCUT2D eigenvalue weighted by Crippen LogP contribution is -2.26. The largest absolute Gasteiger partial charge is 0.390 e. The Bertz CT molecular complexity index is 274. The molecule has 0 saturated carbocycles. The predicted octanol–water partition coefficient (Wildman–Crippen LogP) is 1.99. The van der Waals surface area contributed by atoms with E-state index in [4.69, 9.17) is 9.47 Å². The van der Waals surface area contributed by atoms with Crippen molar-refractivity contribution in [3.63, 3.8) is 0 Å². The summed E-state index contributed by atoms with van der Waals surface area (Å²) < 4.78 is 10.5. The maximum Gasteiger partial charge on any atom is 0.0820 e. The van der Waals surface area contributed by atoms with E-state index in [-0.39, 0.29) is 6.10 Å². The van der Waals surface area contributed by atoms with Gasteiger partial charge in [-0.3, -0.25) is 0 Å². The first-order chi connectivity index (χ1) is 7.74. The zero-order valence-electron chi connectivity index (χ0n) is 9.93. The molecule has 0 spiro atoms. The molecule has 3 nitrogen and oxygen atoms in total. The molecule has 0 aromatic heterocycles. The number of aliphatic hydroxyl groups excluding tert-OH is 1. The van der Waals surface area contributed by atoms with Gasteiger partial charge in [0.2, 0.25) is 0 Å². The van der Waals surface area contributed by atoms with Gasteiger partial charge in [-0.1, -0.05) is 30.3 Å². The lowest BCUT2D eigenvalue weighted by molar-refractivity contribution is -0.0204. The maximum atomic E-state index is 9.61. The third kappa shape index (κ3) is 4.75. The van der Waals surface area contributed by atoms with Gasteiger partial charge in [-0.2, -0.15) is 0 Å². The topological polar surface area (TPSA) is 38.7 Å². The van der Waals surface area contributed by atoms with Gasteiger partial charge in [0.25, 0.3) is 0 Å². The Labute approximate surface area is 97.0 Å². The molecule has 1 rings (SSSR count). The molecule has 2 atom stereocenters. The Kier molecular flexibility index (Phi) is 6.08. The molecule has 0 amide bonds.